The summed E-state index contributed by atoms with van der Waals surface area (Å²) in [7, 11) is 0. The van der Waals surface area contributed by atoms with Crippen LogP contribution in [0.2, 0.25) is 0 Å². The van der Waals surface area contributed by atoms with E-state index in [-0.39, 0.29) is 11.5 Å². The van der Waals surface area contributed by atoms with Crippen LogP contribution in [-0.2, 0) is 4.79 Å². The Labute approximate surface area is 128 Å². The standard InChI is InChI=1S/C16H18N2O4/c1-3-4-9-21-13-7-5-12(6-8-13)15-17-14(22-18-15)10-11(2)16(19)20/h5-8,10H,3-4,9H2,1-2H3,(H,19,20)/b11-10+. The molecule has 0 aliphatic carbocycles. The molecule has 0 aliphatic rings. The maximum absolute atomic E-state index is 10.8. The minimum absolute atomic E-state index is 0.134. The van der Waals surface area contributed by atoms with Gasteiger partial charge in [-0.2, -0.15) is 4.98 Å². The number of carbonyl (C=O) groups is 1. The molecule has 2 aromatic rings. The van der Waals surface area contributed by atoms with Crippen molar-refractivity contribution >= 4 is 12.0 Å². The SMILES string of the molecule is CCCCOc1ccc(-c2noc(/C=C(\C)C(=O)O)n2)cc1. The fraction of sp³-hybridized carbons (Fsp3) is 0.312. The molecule has 1 aromatic heterocycles. The first kappa shape index (κ1) is 15.8. The topological polar surface area (TPSA) is 85.5 Å². The van der Waals surface area contributed by atoms with Gasteiger partial charge in [0.15, 0.2) is 0 Å². The van der Waals surface area contributed by atoms with Crippen LogP contribution in [0, 0.1) is 0 Å². The van der Waals surface area contributed by atoms with Crippen LogP contribution in [0.1, 0.15) is 32.6 Å². The summed E-state index contributed by atoms with van der Waals surface area (Å²) in [5.41, 5.74) is 0.911. The van der Waals surface area contributed by atoms with Crippen LogP contribution in [0.3, 0.4) is 0 Å². The number of benzene rings is 1. The molecule has 6 nitrogen and oxygen atoms in total. The van der Waals surface area contributed by atoms with Crippen LogP contribution < -0.4 is 4.74 Å². The van der Waals surface area contributed by atoms with Crippen molar-refractivity contribution in [1.29, 1.82) is 0 Å². The predicted molar refractivity (Wildman–Crippen MR) is 81.4 cm³/mol. The highest BCUT2D eigenvalue weighted by Crippen LogP contribution is 2.20. The Hall–Kier alpha value is -2.63. The monoisotopic (exact) mass is 302 g/mol. The number of ether oxygens (including phenoxy) is 1. The van der Waals surface area contributed by atoms with Crippen molar-refractivity contribution in [3.63, 3.8) is 0 Å². The zero-order valence-corrected chi connectivity index (χ0v) is 12.6. The predicted octanol–water partition coefficient (Wildman–Crippen LogP) is 3.40. The van der Waals surface area contributed by atoms with Crippen molar-refractivity contribution in [2.45, 2.75) is 26.7 Å². The van der Waals surface area contributed by atoms with Crippen molar-refractivity contribution in [2.75, 3.05) is 6.61 Å². The molecule has 0 amide bonds. The molecule has 0 atom stereocenters. The molecular weight excluding hydrogens is 284 g/mol. The maximum atomic E-state index is 10.8. The first-order valence-corrected chi connectivity index (χ1v) is 7.08. The van der Waals surface area contributed by atoms with Crippen LogP contribution >= 0.6 is 0 Å². The molecule has 0 saturated heterocycles. The lowest BCUT2D eigenvalue weighted by molar-refractivity contribution is -0.132. The molecule has 1 N–H and O–H groups in total. The largest absolute Gasteiger partial charge is 0.494 e. The first-order valence-electron chi connectivity index (χ1n) is 7.08. The number of carboxylic acid groups (broad SMARTS) is 1. The van der Waals surface area contributed by atoms with Gasteiger partial charge in [-0.3, -0.25) is 0 Å². The number of unbranched alkanes of at least 4 members (excludes halogenated alkanes) is 1. The van der Waals surface area contributed by atoms with Crippen LogP contribution in [0.5, 0.6) is 5.75 Å². The van der Waals surface area contributed by atoms with E-state index in [1.54, 1.807) is 0 Å². The number of hydrogen-bond donors (Lipinski definition) is 1. The third-order valence-electron chi connectivity index (χ3n) is 3.00. The maximum Gasteiger partial charge on any atom is 0.331 e. The molecule has 1 heterocycles. The Morgan fingerprint density at radius 1 is 1.36 bits per heavy atom. The highest BCUT2D eigenvalue weighted by Gasteiger charge is 2.09. The van der Waals surface area contributed by atoms with Gasteiger partial charge in [0.1, 0.15) is 5.75 Å². The highest BCUT2D eigenvalue weighted by molar-refractivity contribution is 5.90. The van der Waals surface area contributed by atoms with Crippen molar-refractivity contribution in [2.24, 2.45) is 0 Å². The van der Waals surface area contributed by atoms with Gasteiger partial charge in [-0.15, -0.1) is 0 Å². The molecule has 1 aromatic carbocycles. The number of rotatable bonds is 7. The molecule has 0 aliphatic heterocycles. The summed E-state index contributed by atoms with van der Waals surface area (Å²) in [4.78, 5) is 14.9. The Morgan fingerprint density at radius 2 is 2.09 bits per heavy atom. The summed E-state index contributed by atoms with van der Waals surface area (Å²) < 4.78 is 10.6. The highest BCUT2D eigenvalue weighted by atomic mass is 16.5. The van der Waals surface area contributed by atoms with E-state index in [9.17, 15) is 4.79 Å². The molecule has 22 heavy (non-hydrogen) atoms. The number of aliphatic carboxylic acids is 1. The number of aromatic nitrogens is 2. The summed E-state index contributed by atoms with van der Waals surface area (Å²) in [6.45, 7) is 4.27. The Morgan fingerprint density at radius 3 is 2.73 bits per heavy atom. The van der Waals surface area contributed by atoms with Gasteiger partial charge < -0.3 is 14.4 Å². The molecule has 0 spiro atoms. The van der Waals surface area contributed by atoms with Gasteiger partial charge in [-0.05, 0) is 37.6 Å². The summed E-state index contributed by atoms with van der Waals surface area (Å²) in [5, 5.41) is 12.7. The average molecular weight is 302 g/mol. The Balaban J connectivity index is 2.08. The van der Waals surface area contributed by atoms with Crippen LogP contribution in [-0.4, -0.2) is 27.8 Å². The van der Waals surface area contributed by atoms with E-state index in [2.05, 4.69) is 17.1 Å². The molecule has 0 saturated carbocycles. The van der Waals surface area contributed by atoms with Crippen molar-refractivity contribution < 1.29 is 19.2 Å². The van der Waals surface area contributed by atoms with E-state index < -0.39 is 5.97 Å². The second-order valence-corrected chi connectivity index (χ2v) is 4.82. The van der Waals surface area contributed by atoms with E-state index in [0.29, 0.717) is 12.4 Å². The van der Waals surface area contributed by atoms with Crippen molar-refractivity contribution in [3.8, 4) is 17.1 Å². The second kappa shape index (κ2) is 7.40. The minimum Gasteiger partial charge on any atom is -0.494 e. The molecule has 2 rings (SSSR count). The fourth-order valence-electron chi connectivity index (χ4n) is 1.69. The van der Waals surface area contributed by atoms with Crippen LogP contribution in [0.4, 0.5) is 0 Å². The van der Waals surface area contributed by atoms with E-state index in [0.717, 1.165) is 24.2 Å². The molecular formula is C16H18N2O4. The minimum atomic E-state index is -1.02. The van der Waals surface area contributed by atoms with Crippen molar-refractivity contribution in [3.05, 3.63) is 35.7 Å². The van der Waals surface area contributed by atoms with Crippen LogP contribution in [0.25, 0.3) is 17.5 Å². The third-order valence-corrected chi connectivity index (χ3v) is 3.00. The number of nitrogens with zero attached hydrogens (tertiary/aromatic N) is 2. The third kappa shape index (κ3) is 4.18. The smallest absolute Gasteiger partial charge is 0.331 e. The second-order valence-electron chi connectivity index (χ2n) is 4.82. The summed E-state index contributed by atoms with van der Waals surface area (Å²) in [6, 6.07) is 7.37. The van der Waals surface area contributed by atoms with Crippen molar-refractivity contribution in [1.82, 2.24) is 10.1 Å². The molecule has 0 bridgehead atoms. The Bertz CT molecular complexity index is 659. The molecule has 0 radical (unpaired) electrons. The van der Waals surface area contributed by atoms with Gasteiger partial charge >= 0.3 is 5.97 Å². The number of hydrogen-bond acceptors (Lipinski definition) is 5. The molecule has 116 valence electrons. The lowest BCUT2D eigenvalue weighted by Crippen LogP contribution is -1.96. The molecule has 0 fully saturated rings. The average Bonchev–Trinajstić information content (AvgIpc) is 2.96. The van der Waals surface area contributed by atoms with E-state index >= 15 is 0 Å². The molecule has 0 unspecified atom stereocenters. The quantitative estimate of drug-likeness (QED) is 0.623. The lowest BCUT2D eigenvalue weighted by Gasteiger charge is -2.04. The number of carboxylic acids is 1. The zero-order valence-electron chi connectivity index (χ0n) is 12.6. The van der Waals surface area contributed by atoms with Gasteiger partial charge in [-0.1, -0.05) is 18.5 Å². The van der Waals surface area contributed by atoms with Gasteiger partial charge in [0.2, 0.25) is 5.82 Å². The zero-order chi connectivity index (χ0) is 15.9. The van der Waals surface area contributed by atoms with Gasteiger partial charge in [0.25, 0.3) is 5.89 Å². The summed E-state index contributed by atoms with van der Waals surface area (Å²) in [6.07, 6.45) is 3.44. The Kier molecular flexibility index (Phi) is 5.30. The van der Waals surface area contributed by atoms with Gasteiger partial charge in [0, 0.05) is 17.2 Å². The summed E-state index contributed by atoms with van der Waals surface area (Å²) >= 11 is 0. The summed E-state index contributed by atoms with van der Waals surface area (Å²) in [5.74, 6) is 0.346. The van der Waals surface area contributed by atoms with Gasteiger partial charge in [-0.25, -0.2) is 4.79 Å². The lowest BCUT2D eigenvalue weighted by atomic mass is 10.2. The fourth-order valence-corrected chi connectivity index (χ4v) is 1.69. The first-order chi connectivity index (χ1) is 10.6. The normalized spacial score (nSPS) is 11.5. The van der Waals surface area contributed by atoms with Gasteiger partial charge in [0.05, 0.1) is 6.61 Å². The van der Waals surface area contributed by atoms with E-state index in [1.807, 2.05) is 24.3 Å². The van der Waals surface area contributed by atoms with Crippen LogP contribution in [0.15, 0.2) is 34.4 Å². The molecule has 6 heteroatoms. The van der Waals surface area contributed by atoms with E-state index in [4.69, 9.17) is 14.4 Å². The van der Waals surface area contributed by atoms with E-state index in [1.165, 1.54) is 13.0 Å².